The normalized spacial score (nSPS) is 20.9. The molecule has 28 heavy (non-hydrogen) atoms. The summed E-state index contributed by atoms with van der Waals surface area (Å²) in [6.07, 6.45) is 6.40. The zero-order valence-corrected chi connectivity index (χ0v) is 17.5. The van der Waals surface area contributed by atoms with Crippen molar-refractivity contribution < 1.29 is 12.8 Å². The van der Waals surface area contributed by atoms with E-state index in [0.29, 0.717) is 11.4 Å². The second kappa shape index (κ2) is 8.18. The summed E-state index contributed by atoms with van der Waals surface area (Å²) in [5.74, 6) is -0.281. The number of hydrogen-bond acceptors (Lipinski definition) is 2. The fourth-order valence-corrected chi connectivity index (χ4v) is 5.38. The highest BCUT2D eigenvalue weighted by Crippen LogP contribution is 2.36. The molecule has 3 nitrogen and oxygen atoms in total. The van der Waals surface area contributed by atoms with Crippen molar-refractivity contribution in [2.75, 3.05) is 6.54 Å². The first kappa shape index (κ1) is 20.7. The maximum absolute atomic E-state index is 13.4. The van der Waals surface area contributed by atoms with Gasteiger partial charge in [-0.3, -0.25) is 0 Å². The number of benzene rings is 2. The molecule has 0 radical (unpaired) electrons. The maximum Gasteiger partial charge on any atom is 0.243 e. The largest absolute Gasteiger partial charge is 0.243 e. The summed E-state index contributed by atoms with van der Waals surface area (Å²) in [6, 6.07) is 13.0. The molecule has 1 saturated heterocycles. The summed E-state index contributed by atoms with van der Waals surface area (Å²) in [4.78, 5) is 0.331. The predicted octanol–water partition coefficient (Wildman–Crippen LogP) is 5.42. The van der Waals surface area contributed by atoms with Gasteiger partial charge >= 0.3 is 0 Å². The monoisotopic (exact) mass is 401 g/mol. The van der Waals surface area contributed by atoms with Crippen molar-refractivity contribution >= 4 is 16.1 Å². The third-order valence-corrected chi connectivity index (χ3v) is 7.31. The highest BCUT2D eigenvalue weighted by Gasteiger charge is 2.36. The van der Waals surface area contributed by atoms with Crippen LogP contribution in [0.4, 0.5) is 4.39 Å². The van der Waals surface area contributed by atoms with E-state index >= 15 is 0 Å². The first-order chi connectivity index (χ1) is 13.2. The molecule has 1 aliphatic rings. The van der Waals surface area contributed by atoms with Gasteiger partial charge in [-0.2, -0.15) is 4.31 Å². The smallest absolute Gasteiger partial charge is 0.207 e. The fourth-order valence-electron chi connectivity index (χ4n) is 3.75. The molecular formula is C23H28FNO2S. The van der Waals surface area contributed by atoms with Crippen LogP contribution in [0.15, 0.2) is 59.5 Å². The van der Waals surface area contributed by atoms with Crippen molar-refractivity contribution in [1.29, 1.82) is 0 Å². The van der Waals surface area contributed by atoms with Gasteiger partial charge in [-0.25, -0.2) is 12.8 Å². The summed E-state index contributed by atoms with van der Waals surface area (Å²) in [5, 5.41) is 0. The highest BCUT2D eigenvalue weighted by molar-refractivity contribution is 7.89. The summed E-state index contributed by atoms with van der Waals surface area (Å²) in [6.45, 7) is 6.82. The van der Waals surface area contributed by atoms with E-state index in [0.717, 1.165) is 30.4 Å². The average Bonchev–Trinajstić information content (AvgIpc) is 2.79. The van der Waals surface area contributed by atoms with Crippen LogP contribution < -0.4 is 0 Å². The molecule has 5 heteroatoms. The Labute approximate surface area is 167 Å². The van der Waals surface area contributed by atoms with Crippen molar-refractivity contribution in [1.82, 2.24) is 4.31 Å². The Balaban J connectivity index is 1.95. The minimum Gasteiger partial charge on any atom is -0.207 e. The van der Waals surface area contributed by atoms with E-state index in [1.165, 1.54) is 12.1 Å². The second-order valence-electron chi connectivity index (χ2n) is 8.38. The number of hydrogen-bond donors (Lipinski definition) is 0. The fraction of sp³-hybridized carbons (Fsp3) is 0.391. The van der Waals surface area contributed by atoms with Crippen LogP contribution >= 0.6 is 0 Å². The Bertz CT molecular complexity index is 932. The Morgan fingerprint density at radius 1 is 1.07 bits per heavy atom. The Morgan fingerprint density at radius 3 is 2.36 bits per heavy atom. The highest BCUT2D eigenvalue weighted by atomic mass is 32.2. The molecule has 2 aromatic rings. The van der Waals surface area contributed by atoms with Gasteiger partial charge in [0.05, 0.1) is 4.90 Å². The van der Waals surface area contributed by atoms with Crippen molar-refractivity contribution in [3.8, 4) is 0 Å². The zero-order chi connectivity index (χ0) is 20.4. The summed E-state index contributed by atoms with van der Waals surface area (Å²) in [7, 11) is -3.59. The van der Waals surface area contributed by atoms with Gasteiger partial charge in [0, 0.05) is 12.6 Å². The van der Waals surface area contributed by atoms with Crippen molar-refractivity contribution in [3.05, 3.63) is 71.6 Å². The van der Waals surface area contributed by atoms with Crippen molar-refractivity contribution in [2.24, 2.45) is 5.41 Å². The summed E-state index contributed by atoms with van der Waals surface area (Å²) in [5.41, 5.74) is 1.94. The number of aryl methyl sites for hydroxylation is 1. The first-order valence-corrected chi connectivity index (χ1v) is 11.1. The zero-order valence-electron chi connectivity index (χ0n) is 16.7. The van der Waals surface area contributed by atoms with Crippen LogP contribution in [-0.2, 0) is 10.0 Å². The SMILES string of the molecule is Cc1ccc(S(=O)(=O)N2CCCC(C)(C)CC2C=Cc2ccc(F)cc2)cc1. The topological polar surface area (TPSA) is 37.4 Å². The first-order valence-electron chi connectivity index (χ1n) is 9.70. The van der Waals surface area contributed by atoms with E-state index in [1.54, 1.807) is 28.6 Å². The lowest BCUT2D eigenvalue weighted by Gasteiger charge is -2.30. The number of sulfonamides is 1. The average molecular weight is 402 g/mol. The Hall–Kier alpha value is -1.98. The van der Waals surface area contributed by atoms with Gasteiger partial charge in [-0.1, -0.05) is 55.8 Å². The second-order valence-corrected chi connectivity index (χ2v) is 10.3. The number of nitrogens with zero attached hydrogens (tertiary/aromatic N) is 1. The molecule has 1 heterocycles. The van der Waals surface area contributed by atoms with Gasteiger partial charge in [0.1, 0.15) is 5.82 Å². The molecule has 0 aromatic heterocycles. The molecular weight excluding hydrogens is 373 g/mol. The lowest BCUT2D eigenvalue weighted by molar-refractivity contribution is 0.282. The molecule has 0 saturated carbocycles. The molecule has 150 valence electrons. The third-order valence-electron chi connectivity index (χ3n) is 5.37. The molecule has 3 rings (SSSR count). The Morgan fingerprint density at radius 2 is 1.71 bits per heavy atom. The number of rotatable bonds is 4. The third kappa shape index (κ3) is 4.89. The van der Waals surface area contributed by atoms with E-state index in [9.17, 15) is 12.8 Å². The van der Waals surface area contributed by atoms with Crippen LogP contribution in [0.3, 0.4) is 0 Å². The van der Waals surface area contributed by atoms with Crippen LogP contribution in [0.5, 0.6) is 0 Å². The van der Waals surface area contributed by atoms with Crippen LogP contribution in [0.2, 0.25) is 0 Å². The van der Waals surface area contributed by atoms with Gasteiger partial charge in [-0.05, 0) is 61.4 Å². The molecule has 1 unspecified atom stereocenters. The molecule has 0 aliphatic carbocycles. The maximum atomic E-state index is 13.4. The molecule has 1 aliphatic heterocycles. The van der Waals surface area contributed by atoms with Crippen LogP contribution in [0.1, 0.15) is 44.2 Å². The molecule has 1 atom stereocenters. The van der Waals surface area contributed by atoms with Gasteiger partial charge < -0.3 is 0 Å². The van der Waals surface area contributed by atoms with Crippen LogP contribution in [0.25, 0.3) is 6.08 Å². The quantitative estimate of drug-likeness (QED) is 0.686. The molecule has 1 fully saturated rings. The molecule has 0 spiro atoms. The van der Waals surface area contributed by atoms with E-state index in [1.807, 2.05) is 31.2 Å². The standard InChI is InChI=1S/C23H28FNO2S/c1-18-5-13-22(14-6-18)28(26,27)25-16-4-15-23(2,3)17-21(25)12-9-19-7-10-20(24)11-8-19/h5-14,21H,4,15-17H2,1-3H3. The van der Waals surface area contributed by atoms with E-state index < -0.39 is 10.0 Å². The summed E-state index contributed by atoms with van der Waals surface area (Å²) >= 11 is 0. The van der Waals surface area contributed by atoms with E-state index in [4.69, 9.17) is 0 Å². The minimum atomic E-state index is -3.59. The lowest BCUT2D eigenvalue weighted by atomic mass is 9.83. The van der Waals surface area contributed by atoms with Gasteiger partial charge in [0.15, 0.2) is 0 Å². The molecule has 0 bridgehead atoms. The molecule has 0 amide bonds. The van der Waals surface area contributed by atoms with E-state index in [2.05, 4.69) is 13.8 Å². The lowest BCUT2D eigenvalue weighted by Crippen LogP contribution is -2.39. The van der Waals surface area contributed by atoms with Crippen molar-refractivity contribution in [3.63, 3.8) is 0 Å². The Kier molecular flexibility index (Phi) is 6.06. The minimum absolute atomic E-state index is 0.0509. The molecule has 2 aromatic carbocycles. The van der Waals surface area contributed by atoms with Crippen molar-refractivity contribution in [2.45, 2.75) is 51.0 Å². The van der Waals surface area contributed by atoms with Gasteiger partial charge in [-0.15, -0.1) is 0 Å². The van der Waals surface area contributed by atoms with Gasteiger partial charge in [0.2, 0.25) is 10.0 Å². The van der Waals surface area contributed by atoms with Crippen LogP contribution in [-0.4, -0.2) is 25.3 Å². The predicted molar refractivity (Wildman–Crippen MR) is 112 cm³/mol. The van der Waals surface area contributed by atoms with Gasteiger partial charge in [0.25, 0.3) is 0 Å². The van der Waals surface area contributed by atoms with Crippen LogP contribution in [0, 0.1) is 18.2 Å². The number of halogens is 1. The summed E-state index contributed by atoms with van der Waals surface area (Å²) < 4.78 is 41.5. The molecule has 0 N–H and O–H groups in total. The van der Waals surface area contributed by atoms with E-state index in [-0.39, 0.29) is 17.3 Å².